The maximum Gasteiger partial charge on any atom is 0.255 e. The summed E-state index contributed by atoms with van der Waals surface area (Å²) in [5.74, 6) is 3.28. The molecule has 0 aromatic heterocycles. The van der Waals surface area contributed by atoms with Crippen LogP contribution in [0, 0.1) is 17.8 Å². The highest BCUT2D eigenvalue weighted by Gasteiger charge is 2.50. The summed E-state index contributed by atoms with van der Waals surface area (Å²) in [6.45, 7) is 8.38. The highest BCUT2D eigenvalue weighted by atomic mass is 32.2. The van der Waals surface area contributed by atoms with Crippen LogP contribution in [-0.2, 0) is 16.1 Å². The summed E-state index contributed by atoms with van der Waals surface area (Å²) in [7, 11) is 0. The first-order valence-electron chi connectivity index (χ1n) is 16.0. The van der Waals surface area contributed by atoms with Crippen molar-refractivity contribution in [3.63, 3.8) is 0 Å². The number of rotatable bonds is 9. The van der Waals surface area contributed by atoms with Crippen molar-refractivity contribution >= 4 is 29.5 Å². The Balaban J connectivity index is 0.864. The molecule has 222 valence electrons. The largest absolute Gasteiger partial charge is 0.322 e. The Labute approximate surface area is 248 Å². The lowest BCUT2D eigenvalue weighted by Gasteiger charge is -2.57. The summed E-state index contributed by atoms with van der Waals surface area (Å²) < 4.78 is 0. The fraction of sp³-hybridized carbons (Fsp3) is 0.719. The van der Waals surface area contributed by atoms with E-state index >= 15 is 0 Å². The number of amides is 3. The van der Waals surface area contributed by atoms with Crippen molar-refractivity contribution in [2.45, 2.75) is 80.8 Å². The van der Waals surface area contributed by atoms with Crippen LogP contribution < -0.4 is 10.6 Å². The summed E-state index contributed by atoms with van der Waals surface area (Å²) in [6, 6.07) is 5.36. The monoisotopic (exact) mass is 579 g/mol. The van der Waals surface area contributed by atoms with E-state index < -0.39 is 6.04 Å². The Bertz CT molecular complexity index is 1150. The number of nitrogens with one attached hydrogen (secondary N) is 2. The van der Waals surface area contributed by atoms with Gasteiger partial charge in [0.2, 0.25) is 11.8 Å². The fourth-order valence-corrected chi connectivity index (χ4v) is 10.3. The second kappa shape index (κ2) is 11.6. The van der Waals surface area contributed by atoms with Gasteiger partial charge in [-0.2, -0.15) is 0 Å². The minimum atomic E-state index is -0.562. The summed E-state index contributed by atoms with van der Waals surface area (Å²) in [5.41, 5.74) is 2.19. The number of piperidine rings is 1. The average molecular weight is 580 g/mol. The van der Waals surface area contributed by atoms with E-state index in [2.05, 4.69) is 26.5 Å². The maximum absolute atomic E-state index is 13.1. The van der Waals surface area contributed by atoms with Crippen molar-refractivity contribution in [1.82, 2.24) is 25.3 Å². The van der Waals surface area contributed by atoms with E-state index in [1.165, 1.54) is 51.5 Å². The van der Waals surface area contributed by atoms with Crippen LogP contribution in [0.4, 0.5) is 0 Å². The van der Waals surface area contributed by atoms with Crippen molar-refractivity contribution in [3.8, 4) is 0 Å². The van der Waals surface area contributed by atoms with Crippen molar-refractivity contribution in [1.29, 1.82) is 0 Å². The number of carbonyl (C=O) groups is 3. The second-order valence-corrected chi connectivity index (χ2v) is 14.8. The van der Waals surface area contributed by atoms with Gasteiger partial charge in [0.1, 0.15) is 6.04 Å². The summed E-state index contributed by atoms with van der Waals surface area (Å²) in [6.07, 6.45) is 10.7. The summed E-state index contributed by atoms with van der Waals surface area (Å²) in [4.78, 5) is 45.2. The third-order valence-corrected chi connectivity index (χ3v) is 11.9. The van der Waals surface area contributed by atoms with Gasteiger partial charge < -0.3 is 20.0 Å². The first kappa shape index (κ1) is 27.9. The van der Waals surface area contributed by atoms with Crippen molar-refractivity contribution in [2.24, 2.45) is 17.8 Å². The van der Waals surface area contributed by atoms with Gasteiger partial charge in [0.15, 0.2) is 0 Å². The molecule has 2 N–H and O–H groups in total. The van der Waals surface area contributed by atoms with E-state index in [9.17, 15) is 14.4 Å². The fourth-order valence-electron chi connectivity index (χ4n) is 9.26. The minimum Gasteiger partial charge on any atom is -0.322 e. The molecule has 1 atom stereocenters. The molecule has 9 heteroatoms. The van der Waals surface area contributed by atoms with Crippen LogP contribution in [0.3, 0.4) is 0 Å². The lowest BCUT2D eigenvalue weighted by molar-refractivity contribution is -0.136. The topological polar surface area (TPSA) is 85.0 Å². The lowest BCUT2D eigenvalue weighted by Crippen LogP contribution is -2.59. The molecular formula is C32H45N5O3S. The molecule has 0 spiro atoms. The molecule has 4 saturated carbocycles. The Hall–Kier alpha value is -1.94. The molecule has 8 rings (SSSR count). The molecule has 3 amide bonds. The molecule has 4 bridgehead atoms. The Kier molecular flexibility index (Phi) is 7.90. The van der Waals surface area contributed by atoms with E-state index in [-0.39, 0.29) is 24.1 Å². The molecule has 41 heavy (non-hydrogen) atoms. The molecule has 3 heterocycles. The molecule has 7 aliphatic rings. The van der Waals surface area contributed by atoms with Crippen molar-refractivity contribution in [2.75, 3.05) is 51.6 Å². The molecule has 3 aliphatic heterocycles. The van der Waals surface area contributed by atoms with Gasteiger partial charge in [-0.05, 0) is 99.9 Å². The highest BCUT2D eigenvalue weighted by molar-refractivity contribution is 7.99. The highest BCUT2D eigenvalue weighted by Crippen LogP contribution is 2.55. The van der Waals surface area contributed by atoms with Gasteiger partial charge in [-0.1, -0.05) is 6.07 Å². The molecule has 1 aromatic rings. The number of imide groups is 1. The van der Waals surface area contributed by atoms with Crippen LogP contribution >= 0.6 is 11.8 Å². The van der Waals surface area contributed by atoms with Gasteiger partial charge in [0, 0.05) is 67.4 Å². The van der Waals surface area contributed by atoms with Crippen molar-refractivity contribution in [3.05, 3.63) is 29.3 Å². The van der Waals surface area contributed by atoms with Gasteiger partial charge in [-0.25, -0.2) is 0 Å². The van der Waals surface area contributed by atoms with Gasteiger partial charge >= 0.3 is 0 Å². The molecule has 4 aliphatic carbocycles. The van der Waals surface area contributed by atoms with E-state index in [4.69, 9.17) is 0 Å². The maximum atomic E-state index is 13.1. The van der Waals surface area contributed by atoms with Crippen LogP contribution in [-0.4, -0.2) is 95.6 Å². The number of benzene rings is 1. The van der Waals surface area contributed by atoms with Gasteiger partial charge in [0.05, 0.1) is 0 Å². The van der Waals surface area contributed by atoms with Gasteiger partial charge in [-0.15, -0.1) is 11.8 Å². The third-order valence-electron chi connectivity index (χ3n) is 10.9. The van der Waals surface area contributed by atoms with E-state index in [1.54, 1.807) is 4.90 Å². The Morgan fingerprint density at radius 3 is 2.34 bits per heavy atom. The van der Waals surface area contributed by atoms with Gasteiger partial charge in [0.25, 0.3) is 5.91 Å². The van der Waals surface area contributed by atoms with Crippen LogP contribution in [0.2, 0.25) is 0 Å². The summed E-state index contributed by atoms with van der Waals surface area (Å²) >= 11 is 1.82. The zero-order valence-corrected chi connectivity index (χ0v) is 25.1. The average Bonchev–Trinajstić information content (AvgIpc) is 3.10. The molecule has 8 nitrogen and oxygen atoms in total. The zero-order valence-electron chi connectivity index (χ0n) is 24.2. The predicted octanol–water partition coefficient (Wildman–Crippen LogP) is 3.11. The summed E-state index contributed by atoms with van der Waals surface area (Å²) in [5, 5.41) is 6.48. The number of carbonyl (C=O) groups excluding carboxylic acids is 3. The van der Waals surface area contributed by atoms with Crippen LogP contribution in [0.5, 0.6) is 0 Å². The number of thioether (sulfide) groups is 1. The third kappa shape index (κ3) is 5.84. The van der Waals surface area contributed by atoms with Crippen LogP contribution in [0.25, 0.3) is 0 Å². The molecule has 2 saturated heterocycles. The second-order valence-electron chi connectivity index (χ2n) is 13.7. The molecule has 1 aromatic carbocycles. The Morgan fingerprint density at radius 1 is 0.927 bits per heavy atom. The number of nitrogens with zero attached hydrogens (tertiary/aromatic N) is 3. The Morgan fingerprint density at radius 2 is 1.63 bits per heavy atom. The quantitative estimate of drug-likeness (QED) is 0.344. The smallest absolute Gasteiger partial charge is 0.255 e. The van der Waals surface area contributed by atoms with E-state index in [1.807, 2.05) is 23.9 Å². The zero-order chi connectivity index (χ0) is 28.0. The normalized spacial score (nSPS) is 33.8. The van der Waals surface area contributed by atoms with Crippen LogP contribution in [0.15, 0.2) is 23.1 Å². The van der Waals surface area contributed by atoms with Gasteiger partial charge in [-0.3, -0.25) is 19.7 Å². The molecule has 1 unspecified atom stereocenters. The number of fused-ring (bicyclic) bond motifs is 1. The molecular weight excluding hydrogens is 534 g/mol. The van der Waals surface area contributed by atoms with E-state index in [0.29, 0.717) is 24.1 Å². The van der Waals surface area contributed by atoms with E-state index in [0.717, 1.165) is 73.2 Å². The first-order valence-corrected chi connectivity index (χ1v) is 17.0. The SMILES string of the molecule is O=C1CCC(N2Cc3c(SCCN4CCCN(CCNC56CC7CC(CC(C7)C5)C6)CC4)cccc3C2=O)C(=O)N1. The molecule has 6 fully saturated rings. The number of hydrogen-bond donors (Lipinski definition) is 2. The van der Waals surface area contributed by atoms with Crippen molar-refractivity contribution < 1.29 is 14.4 Å². The molecule has 0 radical (unpaired) electrons. The minimum absolute atomic E-state index is 0.0951. The standard InChI is InChI=1S/C32H45N5O3S/c38-29-6-5-27(30(39)34-29)37-21-26-25(31(37)40)3-1-4-28(26)41-14-13-36-9-2-8-35(11-12-36)10-7-33-32-18-22-15-23(19-32)17-24(16-22)20-32/h1,3-4,22-24,27,33H,2,5-21H2,(H,34,38,39). The number of hydrogen-bond acceptors (Lipinski definition) is 7. The predicted molar refractivity (Wildman–Crippen MR) is 160 cm³/mol. The van der Waals surface area contributed by atoms with Crippen LogP contribution in [0.1, 0.15) is 73.7 Å². The first-order chi connectivity index (χ1) is 19.9. The lowest BCUT2D eigenvalue weighted by atomic mass is 9.53.